The van der Waals surface area contributed by atoms with Gasteiger partial charge >= 0.3 is 7.12 Å². The first-order chi connectivity index (χ1) is 8.89. The van der Waals surface area contributed by atoms with Crippen molar-refractivity contribution in [1.82, 2.24) is 4.98 Å². The van der Waals surface area contributed by atoms with E-state index in [0.717, 1.165) is 6.26 Å². The molecule has 19 heavy (non-hydrogen) atoms. The molecule has 9 heteroatoms. The summed E-state index contributed by atoms with van der Waals surface area (Å²) in [6, 6.07) is 1.59. The largest absolute Gasteiger partial charge is 0.495 e. The van der Waals surface area contributed by atoms with Gasteiger partial charge in [-0.3, -0.25) is 4.72 Å². The van der Waals surface area contributed by atoms with Crippen molar-refractivity contribution in [2.45, 2.75) is 13.0 Å². The third kappa shape index (κ3) is 3.58. The van der Waals surface area contributed by atoms with Gasteiger partial charge in [0.15, 0.2) is 0 Å². The van der Waals surface area contributed by atoms with E-state index in [1.165, 1.54) is 13.3 Å². The second-order valence-electron chi connectivity index (χ2n) is 4.31. The molecule has 1 aliphatic rings. The number of anilines is 1. The number of ether oxygens (including phenoxy) is 1. The Hall–Kier alpha value is -1.32. The van der Waals surface area contributed by atoms with E-state index < -0.39 is 17.1 Å². The lowest BCUT2D eigenvalue weighted by atomic mass is 9.80. The van der Waals surface area contributed by atoms with E-state index in [9.17, 15) is 8.42 Å². The molecule has 0 amide bonds. The molecule has 104 valence electrons. The highest BCUT2D eigenvalue weighted by molar-refractivity contribution is 7.92. The Morgan fingerprint density at radius 3 is 2.84 bits per heavy atom. The smallest absolute Gasteiger partial charge is 0.480 e. The van der Waals surface area contributed by atoms with E-state index in [-0.39, 0.29) is 17.7 Å². The molecule has 1 aromatic rings. The van der Waals surface area contributed by atoms with E-state index in [0.29, 0.717) is 12.1 Å². The molecule has 7 nitrogen and oxygen atoms in total. The summed E-state index contributed by atoms with van der Waals surface area (Å²) in [6.45, 7) is 2.39. The number of hydrogen-bond donors (Lipinski definition) is 1. The van der Waals surface area contributed by atoms with Gasteiger partial charge in [0, 0.05) is 11.7 Å². The lowest BCUT2D eigenvalue weighted by molar-refractivity contribution is 0.258. The zero-order valence-electron chi connectivity index (χ0n) is 10.9. The van der Waals surface area contributed by atoms with Crippen LogP contribution in [0.25, 0.3) is 0 Å². The highest BCUT2D eigenvalue weighted by Gasteiger charge is 2.31. The number of nitrogens with one attached hydrogen (secondary N) is 1. The second-order valence-corrected chi connectivity index (χ2v) is 6.06. The molecule has 1 unspecified atom stereocenters. The number of nitrogens with zero attached hydrogens (tertiary/aromatic N) is 1. The molecule has 0 bridgehead atoms. The van der Waals surface area contributed by atoms with Gasteiger partial charge in [0.05, 0.1) is 26.1 Å². The van der Waals surface area contributed by atoms with Crippen LogP contribution in [0.2, 0.25) is 0 Å². The summed E-state index contributed by atoms with van der Waals surface area (Å²) in [5, 5.41) is 0. The van der Waals surface area contributed by atoms with Crippen LogP contribution in [0, 0.1) is 0 Å². The SMILES string of the molecule is COc1ncc(B2OCC(C)O2)cc1NS(C)(=O)=O. The van der Waals surface area contributed by atoms with Crippen LogP contribution in [0.3, 0.4) is 0 Å². The van der Waals surface area contributed by atoms with Crippen LogP contribution >= 0.6 is 0 Å². The Morgan fingerprint density at radius 2 is 2.32 bits per heavy atom. The first-order valence-electron chi connectivity index (χ1n) is 5.68. The summed E-state index contributed by atoms with van der Waals surface area (Å²) in [4.78, 5) is 4.04. The molecule has 1 fully saturated rings. The lowest BCUT2D eigenvalue weighted by Crippen LogP contribution is -2.33. The van der Waals surface area contributed by atoms with Crippen LogP contribution in [-0.2, 0) is 19.3 Å². The highest BCUT2D eigenvalue weighted by atomic mass is 32.2. The van der Waals surface area contributed by atoms with Gasteiger partial charge in [0.1, 0.15) is 5.69 Å². The summed E-state index contributed by atoms with van der Waals surface area (Å²) in [5.41, 5.74) is 0.894. The summed E-state index contributed by atoms with van der Waals surface area (Å²) in [7, 11) is -2.53. The third-order valence-electron chi connectivity index (χ3n) is 2.47. The van der Waals surface area contributed by atoms with Crippen molar-refractivity contribution in [1.29, 1.82) is 0 Å². The summed E-state index contributed by atoms with van der Waals surface area (Å²) in [6.07, 6.45) is 2.59. The first kappa shape index (κ1) is 14.1. The zero-order valence-corrected chi connectivity index (χ0v) is 11.7. The van der Waals surface area contributed by atoms with Crippen molar-refractivity contribution in [2.24, 2.45) is 0 Å². The van der Waals surface area contributed by atoms with E-state index in [1.807, 2.05) is 6.92 Å². The van der Waals surface area contributed by atoms with Gasteiger partial charge in [-0.25, -0.2) is 13.4 Å². The summed E-state index contributed by atoms with van der Waals surface area (Å²) in [5.74, 6) is 0.195. The van der Waals surface area contributed by atoms with Gasteiger partial charge in [-0.1, -0.05) is 0 Å². The number of methoxy groups -OCH3 is 1. The molecule has 1 aromatic heterocycles. The van der Waals surface area contributed by atoms with Crippen LogP contribution in [0.1, 0.15) is 6.92 Å². The summed E-state index contributed by atoms with van der Waals surface area (Å²) >= 11 is 0. The van der Waals surface area contributed by atoms with Crippen molar-refractivity contribution in [3.63, 3.8) is 0 Å². The topological polar surface area (TPSA) is 86.8 Å². The average molecular weight is 286 g/mol. The molecule has 1 saturated heterocycles. The molecule has 0 saturated carbocycles. The monoisotopic (exact) mass is 286 g/mol. The van der Waals surface area contributed by atoms with Crippen LogP contribution in [0.4, 0.5) is 5.69 Å². The van der Waals surface area contributed by atoms with Crippen molar-refractivity contribution in [3.8, 4) is 5.88 Å². The van der Waals surface area contributed by atoms with Crippen LogP contribution in [-0.4, -0.2) is 46.6 Å². The molecule has 0 aliphatic carbocycles. The fourth-order valence-electron chi connectivity index (χ4n) is 1.72. The number of rotatable bonds is 4. The minimum absolute atomic E-state index is 0.00146. The van der Waals surface area contributed by atoms with E-state index in [4.69, 9.17) is 14.0 Å². The van der Waals surface area contributed by atoms with Crippen molar-refractivity contribution < 1.29 is 22.5 Å². The highest BCUT2D eigenvalue weighted by Crippen LogP contribution is 2.21. The van der Waals surface area contributed by atoms with Crippen molar-refractivity contribution in [3.05, 3.63) is 12.3 Å². The van der Waals surface area contributed by atoms with E-state index in [1.54, 1.807) is 6.07 Å². The minimum Gasteiger partial charge on any atom is -0.480 e. The number of aromatic nitrogens is 1. The molecule has 0 spiro atoms. The standard InChI is InChI=1S/C10H15BN2O5S/c1-7-6-17-11(18-7)8-4-9(13-19(3,14)15)10(16-2)12-5-8/h4-5,7,13H,6H2,1-3H3. The third-order valence-corrected chi connectivity index (χ3v) is 3.06. The Balaban J connectivity index is 2.30. The average Bonchev–Trinajstić information content (AvgIpc) is 2.74. The molecule has 0 aromatic carbocycles. The molecule has 2 rings (SSSR count). The molecule has 2 heterocycles. The Labute approximate surface area is 112 Å². The fourth-order valence-corrected chi connectivity index (χ4v) is 2.27. The van der Waals surface area contributed by atoms with Crippen LogP contribution < -0.4 is 14.9 Å². The minimum atomic E-state index is -3.41. The maximum atomic E-state index is 11.3. The van der Waals surface area contributed by atoms with Crippen molar-refractivity contribution >= 4 is 28.3 Å². The van der Waals surface area contributed by atoms with Gasteiger partial charge in [-0.2, -0.15) is 0 Å². The Bertz CT molecular complexity index is 565. The van der Waals surface area contributed by atoms with Crippen LogP contribution in [0.15, 0.2) is 12.3 Å². The summed E-state index contributed by atoms with van der Waals surface area (Å²) < 4.78 is 40.9. The Morgan fingerprint density at radius 1 is 1.58 bits per heavy atom. The second kappa shape index (κ2) is 5.36. The predicted molar refractivity (Wildman–Crippen MR) is 71.1 cm³/mol. The normalized spacial score (nSPS) is 19.5. The maximum absolute atomic E-state index is 11.3. The molecule has 1 aliphatic heterocycles. The molecule has 1 N–H and O–H groups in total. The van der Waals surface area contributed by atoms with Gasteiger partial charge < -0.3 is 14.0 Å². The van der Waals surface area contributed by atoms with Gasteiger partial charge in [0.25, 0.3) is 0 Å². The number of pyridine rings is 1. The molecular formula is C10H15BN2O5S. The molecule has 1 atom stereocenters. The lowest BCUT2D eigenvalue weighted by Gasteiger charge is -2.11. The Kier molecular flexibility index (Phi) is 3.97. The predicted octanol–water partition coefficient (Wildman–Crippen LogP) is -0.408. The first-order valence-corrected chi connectivity index (χ1v) is 7.57. The molecule has 0 radical (unpaired) electrons. The van der Waals surface area contributed by atoms with Crippen LogP contribution in [0.5, 0.6) is 5.88 Å². The van der Waals surface area contributed by atoms with Gasteiger partial charge in [0.2, 0.25) is 15.9 Å². The van der Waals surface area contributed by atoms with Gasteiger partial charge in [-0.05, 0) is 13.0 Å². The van der Waals surface area contributed by atoms with E-state index >= 15 is 0 Å². The number of hydrogen-bond acceptors (Lipinski definition) is 6. The fraction of sp³-hybridized carbons (Fsp3) is 0.500. The zero-order chi connectivity index (χ0) is 14.0. The maximum Gasteiger partial charge on any atom is 0.495 e. The van der Waals surface area contributed by atoms with Crippen molar-refractivity contribution in [2.75, 3.05) is 24.7 Å². The number of sulfonamides is 1. The molecular weight excluding hydrogens is 271 g/mol. The van der Waals surface area contributed by atoms with Gasteiger partial charge in [-0.15, -0.1) is 0 Å². The van der Waals surface area contributed by atoms with E-state index in [2.05, 4.69) is 9.71 Å². The quantitative estimate of drug-likeness (QED) is 0.757.